The van der Waals surface area contributed by atoms with E-state index in [9.17, 15) is 4.79 Å². The minimum absolute atomic E-state index is 0.0396. The summed E-state index contributed by atoms with van der Waals surface area (Å²) in [5.74, 6) is 0.375. The van der Waals surface area contributed by atoms with Gasteiger partial charge in [0.05, 0.1) is 16.4 Å². The van der Waals surface area contributed by atoms with Crippen LogP contribution in [0.3, 0.4) is 0 Å². The van der Waals surface area contributed by atoms with Gasteiger partial charge in [-0.3, -0.25) is 4.79 Å². The zero-order valence-corrected chi connectivity index (χ0v) is 18.5. The number of para-hydroxylation sites is 1. The van der Waals surface area contributed by atoms with E-state index in [1.807, 2.05) is 94.1 Å². The van der Waals surface area contributed by atoms with Gasteiger partial charge in [-0.25, -0.2) is 9.67 Å². The molecule has 1 amide bonds. The largest absolute Gasteiger partial charge is 0.338 e. The average molecular weight is 441 g/mol. The van der Waals surface area contributed by atoms with Gasteiger partial charge in [0.2, 0.25) is 5.91 Å². The fourth-order valence-corrected chi connectivity index (χ4v) is 4.89. The highest BCUT2D eigenvalue weighted by atomic mass is 32.1. The zero-order valence-electron chi connectivity index (χ0n) is 17.7. The van der Waals surface area contributed by atoms with Crippen LogP contribution in [0.25, 0.3) is 23.0 Å². The number of thiazole rings is 1. The van der Waals surface area contributed by atoms with Crippen molar-refractivity contribution in [1.29, 1.82) is 0 Å². The van der Waals surface area contributed by atoms with Crippen molar-refractivity contribution < 1.29 is 4.79 Å². The second-order valence-electron chi connectivity index (χ2n) is 7.91. The molecule has 1 fully saturated rings. The van der Waals surface area contributed by atoms with Gasteiger partial charge in [0, 0.05) is 54.0 Å². The molecule has 1 unspecified atom stereocenters. The highest BCUT2D eigenvalue weighted by Gasteiger charge is 2.25. The Bertz CT molecular complexity index is 1200. The van der Waals surface area contributed by atoms with E-state index in [0.717, 1.165) is 53.4 Å². The van der Waals surface area contributed by atoms with Crippen LogP contribution in [0.15, 0.2) is 84.5 Å². The Balaban J connectivity index is 1.40. The number of likely N-dealkylation sites (tertiary alicyclic amines) is 1. The summed E-state index contributed by atoms with van der Waals surface area (Å²) in [6.45, 7) is 1.52. The molecule has 32 heavy (non-hydrogen) atoms. The number of hydrogen-bond donors (Lipinski definition) is 0. The van der Waals surface area contributed by atoms with Crippen LogP contribution in [0.2, 0.25) is 0 Å². The fraction of sp³-hybridized carbons (Fsp3) is 0.192. The van der Waals surface area contributed by atoms with Crippen molar-refractivity contribution in [2.75, 3.05) is 13.1 Å². The first-order chi connectivity index (χ1) is 15.8. The maximum atomic E-state index is 13.0. The SMILES string of the molecule is O=C(/C=C/c1cn(-c2ccccc2)nc1-c1ccccc1)N1CCCC(c2nccs2)C1. The number of benzene rings is 2. The molecule has 0 N–H and O–H groups in total. The van der Waals surface area contributed by atoms with Gasteiger partial charge in [-0.1, -0.05) is 48.5 Å². The molecule has 5 rings (SSSR count). The number of nitrogens with zero attached hydrogens (tertiary/aromatic N) is 4. The second-order valence-corrected chi connectivity index (χ2v) is 8.83. The summed E-state index contributed by atoms with van der Waals surface area (Å²) in [6, 6.07) is 20.1. The van der Waals surface area contributed by atoms with E-state index in [2.05, 4.69) is 4.98 Å². The van der Waals surface area contributed by atoms with Crippen LogP contribution >= 0.6 is 11.3 Å². The monoisotopic (exact) mass is 440 g/mol. The van der Waals surface area contributed by atoms with Gasteiger partial charge in [-0.15, -0.1) is 11.3 Å². The average Bonchev–Trinajstić information content (AvgIpc) is 3.54. The summed E-state index contributed by atoms with van der Waals surface area (Å²) in [6.07, 6.45) is 9.49. The fourth-order valence-electron chi connectivity index (χ4n) is 4.12. The van der Waals surface area contributed by atoms with Crippen molar-refractivity contribution in [2.45, 2.75) is 18.8 Å². The Kier molecular flexibility index (Phi) is 5.94. The van der Waals surface area contributed by atoms with Gasteiger partial charge >= 0.3 is 0 Å². The summed E-state index contributed by atoms with van der Waals surface area (Å²) in [5.41, 5.74) is 3.79. The van der Waals surface area contributed by atoms with E-state index in [1.54, 1.807) is 17.4 Å². The molecular weight excluding hydrogens is 416 g/mol. The molecular formula is C26H24N4OS. The molecule has 2 aromatic heterocycles. The molecule has 1 saturated heterocycles. The van der Waals surface area contributed by atoms with Crippen molar-refractivity contribution in [1.82, 2.24) is 19.7 Å². The Morgan fingerprint density at radius 2 is 1.84 bits per heavy atom. The van der Waals surface area contributed by atoms with Crippen molar-refractivity contribution in [3.8, 4) is 16.9 Å². The number of aromatic nitrogens is 3. The Hall–Kier alpha value is -3.51. The highest BCUT2D eigenvalue weighted by Crippen LogP contribution is 2.29. The maximum absolute atomic E-state index is 13.0. The predicted molar refractivity (Wildman–Crippen MR) is 129 cm³/mol. The third kappa shape index (κ3) is 4.41. The standard InChI is InChI=1S/C26H24N4OS/c31-24(29-16-7-10-22(18-29)26-27-15-17-32-26)14-13-21-19-30(23-11-5-2-6-12-23)28-25(21)20-8-3-1-4-9-20/h1-6,8-9,11-15,17,19,22H,7,10,16,18H2/b14-13+. The lowest BCUT2D eigenvalue weighted by atomic mass is 9.98. The number of amides is 1. The third-order valence-electron chi connectivity index (χ3n) is 5.75. The Labute approximate surface area is 191 Å². The first kappa shape index (κ1) is 20.4. The van der Waals surface area contributed by atoms with Crippen molar-refractivity contribution in [3.63, 3.8) is 0 Å². The zero-order chi connectivity index (χ0) is 21.8. The number of piperidine rings is 1. The molecule has 1 aliphatic heterocycles. The minimum atomic E-state index is 0.0396. The first-order valence-electron chi connectivity index (χ1n) is 10.8. The van der Waals surface area contributed by atoms with Crippen LogP contribution in [0.5, 0.6) is 0 Å². The first-order valence-corrected chi connectivity index (χ1v) is 11.7. The van der Waals surface area contributed by atoms with E-state index in [-0.39, 0.29) is 5.91 Å². The predicted octanol–water partition coefficient (Wildman–Crippen LogP) is 5.42. The molecule has 0 aliphatic carbocycles. The van der Waals surface area contributed by atoms with Crippen molar-refractivity contribution in [2.24, 2.45) is 0 Å². The van der Waals surface area contributed by atoms with Gasteiger partial charge in [0.25, 0.3) is 0 Å². The minimum Gasteiger partial charge on any atom is -0.338 e. The summed E-state index contributed by atoms with van der Waals surface area (Å²) in [7, 11) is 0. The Morgan fingerprint density at radius 3 is 2.59 bits per heavy atom. The summed E-state index contributed by atoms with van der Waals surface area (Å²) in [5, 5.41) is 7.95. The summed E-state index contributed by atoms with van der Waals surface area (Å²) >= 11 is 1.68. The van der Waals surface area contributed by atoms with Gasteiger partial charge in [0.1, 0.15) is 0 Å². The van der Waals surface area contributed by atoms with Crippen LogP contribution in [-0.4, -0.2) is 38.7 Å². The number of carbonyl (C=O) groups is 1. The molecule has 2 aromatic carbocycles. The lowest BCUT2D eigenvalue weighted by molar-refractivity contribution is -0.127. The number of rotatable bonds is 5. The highest BCUT2D eigenvalue weighted by molar-refractivity contribution is 7.09. The van der Waals surface area contributed by atoms with Crippen molar-refractivity contribution in [3.05, 3.63) is 95.1 Å². The molecule has 5 nitrogen and oxygen atoms in total. The lowest BCUT2D eigenvalue weighted by Gasteiger charge is -2.31. The molecule has 0 bridgehead atoms. The smallest absolute Gasteiger partial charge is 0.246 e. The molecule has 0 spiro atoms. The topological polar surface area (TPSA) is 51.0 Å². The molecule has 3 heterocycles. The van der Waals surface area contributed by atoms with Crippen LogP contribution in [0, 0.1) is 0 Å². The molecule has 0 radical (unpaired) electrons. The molecule has 6 heteroatoms. The van der Waals surface area contributed by atoms with Gasteiger partial charge in [0.15, 0.2) is 0 Å². The third-order valence-corrected chi connectivity index (χ3v) is 6.69. The number of hydrogen-bond acceptors (Lipinski definition) is 4. The van der Waals surface area contributed by atoms with E-state index in [1.165, 1.54) is 0 Å². The molecule has 1 aliphatic rings. The number of carbonyl (C=O) groups excluding carboxylic acids is 1. The molecule has 1 atom stereocenters. The Morgan fingerprint density at radius 1 is 1.06 bits per heavy atom. The molecule has 0 saturated carbocycles. The molecule has 4 aromatic rings. The van der Waals surface area contributed by atoms with Crippen LogP contribution < -0.4 is 0 Å². The summed E-state index contributed by atoms with van der Waals surface area (Å²) in [4.78, 5) is 19.4. The van der Waals surface area contributed by atoms with E-state index in [0.29, 0.717) is 5.92 Å². The maximum Gasteiger partial charge on any atom is 0.246 e. The lowest BCUT2D eigenvalue weighted by Crippen LogP contribution is -2.38. The van der Waals surface area contributed by atoms with Crippen molar-refractivity contribution >= 4 is 23.3 Å². The van der Waals surface area contributed by atoms with Crippen LogP contribution in [-0.2, 0) is 4.79 Å². The normalized spacial score (nSPS) is 16.5. The van der Waals surface area contributed by atoms with E-state index >= 15 is 0 Å². The van der Waals surface area contributed by atoms with E-state index in [4.69, 9.17) is 5.10 Å². The van der Waals surface area contributed by atoms with Crippen LogP contribution in [0.4, 0.5) is 0 Å². The summed E-state index contributed by atoms with van der Waals surface area (Å²) < 4.78 is 1.87. The molecule has 160 valence electrons. The quantitative estimate of drug-likeness (QED) is 0.390. The van der Waals surface area contributed by atoms with Gasteiger partial charge < -0.3 is 4.90 Å². The van der Waals surface area contributed by atoms with Gasteiger partial charge in [-0.05, 0) is 31.1 Å². The van der Waals surface area contributed by atoms with E-state index < -0.39 is 0 Å². The van der Waals surface area contributed by atoms with Crippen LogP contribution in [0.1, 0.15) is 29.3 Å². The second kappa shape index (κ2) is 9.32. The van der Waals surface area contributed by atoms with Gasteiger partial charge in [-0.2, -0.15) is 5.10 Å².